The average Bonchev–Trinajstić information content (AvgIpc) is 2.11. The Labute approximate surface area is 97.0 Å². The van der Waals surface area contributed by atoms with Gasteiger partial charge in [0.2, 0.25) is 0 Å². The molecule has 0 aliphatic heterocycles. The summed E-state index contributed by atoms with van der Waals surface area (Å²) >= 11 is 3.13. The summed E-state index contributed by atoms with van der Waals surface area (Å²) in [7, 11) is 0. The van der Waals surface area contributed by atoms with Gasteiger partial charge in [0.05, 0.1) is 4.92 Å². The Bertz CT molecular complexity index is 405. The van der Waals surface area contributed by atoms with Crippen molar-refractivity contribution in [1.82, 2.24) is 4.98 Å². The van der Waals surface area contributed by atoms with Gasteiger partial charge in [-0.15, -0.1) is 0 Å². The van der Waals surface area contributed by atoms with Crippen molar-refractivity contribution in [1.29, 1.82) is 0 Å². The predicted molar refractivity (Wildman–Crippen MR) is 62.1 cm³/mol. The Morgan fingerprint density at radius 3 is 2.53 bits per heavy atom. The first-order valence-corrected chi connectivity index (χ1v) is 5.58. The molecule has 0 aliphatic rings. The van der Waals surface area contributed by atoms with Crippen molar-refractivity contribution < 1.29 is 4.92 Å². The molecule has 0 radical (unpaired) electrons. The Morgan fingerprint density at radius 1 is 1.47 bits per heavy atom. The Kier molecular flexibility index (Phi) is 3.79. The average molecular weight is 273 g/mol. The van der Waals surface area contributed by atoms with Gasteiger partial charge in [0.1, 0.15) is 0 Å². The summed E-state index contributed by atoms with van der Waals surface area (Å²) in [5.74, 6) is 0. The van der Waals surface area contributed by atoms with E-state index in [2.05, 4.69) is 20.9 Å². The lowest BCUT2D eigenvalue weighted by Gasteiger charge is -2.09. The molecule has 5 heteroatoms. The van der Waals surface area contributed by atoms with Crippen LogP contribution in [0.25, 0.3) is 0 Å². The summed E-state index contributed by atoms with van der Waals surface area (Å²) in [5, 5.41) is 10.8. The largest absolute Gasteiger partial charge is 0.305 e. The molecular weight excluding hydrogens is 260 g/mol. The summed E-state index contributed by atoms with van der Waals surface area (Å²) in [6.07, 6.45) is 1.79. The summed E-state index contributed by atoms with van der Waals surface area (Å²) in [6, 6.07) is 0. The maximum absolute atomic E-state index is 10.8. The fourth-order valence-electron chi connectivity index (χ4n) is 1.67. The molecule has 0 aromatic carbocycles. The highest BCUT2D eigenvalue weighted by Gasteiger charge is 2.21. The zero-order valence-corrected chi connectivity index (χ0v) is 10.6. The van der Waals surface area contributed by atoms with Gasteiger partial charge in [-0.3, -0.25) is 10.1 Å². The number of nitro groups is 1. The molecule has 82 valence electrons. The molecule has 0 atom stereocenters. The van der Waals surface area contributed by atoms with Gasteiger partial charge in [-0.1, -0.05) is 13.3 Å². The second-order valence-corrected chi connectivity index (χ2v) is 4.20. The summed E-state index contributed by atoms with van der Waals surface area (Å²) < 4.78 is 0.322. The lowest BCUT2D eigenvalue weighted by atomic mass is 10.0. The van der Waals surface area contributed by atoms with E-state index in [0.717, 1.165) is 29.7 Å². The first kappa shape index (κ1) is 12.1. The lowest BCUT2D eigenvalue weighted by molar-refractivity contribution is -0.386. The molecular formula is C10H13BrN2O2. The third-order valence-corrected chi connectivity index (χ3v) is 2.94. The summed E-state index contributed by atoms with van der Waals surface area (Å²) in [6.45, 7) is 5.71. The van der Waals surface area contributed by atoms with Crippen LogP contribution in [0.15, 0.2) is 4.60 Å². The van der Waals surface area contributed by atoms with Gasteiger partial charge in [0, 0.05) is 11.3 Å². The van der Waals surface area contributed by atoms with Crippen molar-refractivity contribution in [2.24, 2.45) is 0 Å². The molecule has 0 bridgehead atoms. The van der Waals surface area contributed by atoms with E-state index >= 15 is 0 Å². The van der Waals surface area contributed by atoms with E-state index in [1.807, 2.05) is 13.8 Å². The minimum Gasteiger partial charge on any atom is -0.258 e. The molecule has 15 heavy (non-hydrogen) atoms. The van der Waals surface area contributed by atoms with Crippen LogP contribution in [0.1, 0.15) is 30.2 Å². The van der Waals surface area contributed by atoms with Gasteiger partial charge in [0.15, 0.2) is 4.60 Å². The highest BCUT2D eigenvalue weighted by Crippen LogP contribution is 2.31. The third-order valence-electron chi connectivity index (χ3n) is 2.39. The summed E-state index contributed by atoms with van der Waals surface area (Å²) in [4.78, 5) is 14.6. The van der Waals surface area contributed by atoms with Crippen LogP contribution < -0.4 is 0 Å². The molecule has 0 spiro atoms. The van der Waals surface area contributed by atoms with Crippen molar-refractivity contribution in [3.05, 3.63) is 31.5 Å². The third kappa shape index (κ3) is 2.34. The molecule has 1 heterocycles. The van der Waals surface area contributed by atoms with Crippen molar-refractivity contribution in [3.63, 3.8) is 0 Å². The van der Waals surface area contributed by atoms with Crippen LogP contribution in [0.3, 0.4) is 0 Å². The topological polar surface area (TPSA) is 56.0 Å². The number of hydrogen-bond donors (Lipinski definition) is 0. The number of aromatic nitrogens is 1. The van der Waals surface area contributed by atoms with Crippen LogP contribution in [0.4, 0.5) is 5.69 Å². The number of halogens is 1. The van der Waals surface area contributed by atoms with E-state index in [9.17, 15) is 10.1 Å². The van der Waals surface area contributed by atoms with Crippen LogP contribution >= 0.6 is 15.9 Å². The number of hydrogen-bond acceptors (Lipinski definition) is 3. The zero-order valence-electron chi connectivity index (χ0n) is 9.00. The van der Waals surface area contributed by atoms with Gasteiger partial charge in [-0.05, 0) is 41.8 Å². The van der Waals surface area contributed by atoms with E-state index in [1.54, 1.807) is 6.92 Å². The Morgan fingerprint density at radius 2 is 2.07 bits per heavy atom. The molecule has 0 amide bonds. The minimum absolute atomic E-state index is 0.0871. The lowest BCUT2D eigenvalue weighted by Crippen LogP contribution is -2.03. The second kappa shape index (κ2) is 4.70. The highest BCUT2D eigenvalue weighted by atomic mass is 79.9. The molecule has 4 nitrogen and oxygen atoms in total. The van der Waals surface area contributed by atoms with Gasteiger partial charge < -0.3 is 0 Å². The van der Waals surface area contributed by atoms with E-state index < -0.39 is 0 Å². The smallest absolute Gasteiger partial charge is 0.258 e. The fourth-order valence-corrected chi connectivity index (χ4v) is 2.38. The first-order chi connectivity index (χ1) is 6.99. The standard InChI is InChI=1S/C10H13BrN2O2/c1-4-5-8-6(2)9(13(14)15)10(11)12-7(8)3/h4-5H2,1-3H3. The van der Waals surface area contributed by atoms with Crippen molar-refractivity contribution >= 4 is 21.6 Å². The monoisotopic (exact) mass is 272 g/mol. The van der Waals surface area contributed by atoms with Gasteiger partial charge in [0.25, 0.3) is 0 Å². The summed E-state index contributed by atoms with van der Waals surface area (Å²) in [5.41, 5.74) is 2.67. The highest BCUT2D eigenvalue weighted by molar-refractivity contribution is 9.10. The fraction of sp³-hybridized carbons (Fsp3) is 0.500. The van der Waals surface area contributed by atoms with Crippen LogP contribution in [0.5, 0.6) is 0 Å². The molecule has 0 saturated heterocycles. The molecule has 1 aromatic rings. The molecule has 0 fully saturated rings. The van der Waals surface area contributed by atoms with Crippen LogP contribution in [0.2, 0.25) is 0 Å². The Hall–Kier alpha value is -0.970. The van der Waals surface area contributed by atoms with Crippen molar-refractivity contribution in [2.45, 2.75) is 33.6 Å². The molecule has 1 aromatic heterocycles. The van der Waals surface area contributed by atoms with E-state index in [1.165, 1.54) is 0 Å². The maximum atomic E-state index is 10.8. The SMILES string of the molecule is CCCc1c(C)nc(Br)c([N+](=O)[O-])c1C. The maximum Gasteiger partial charge on any atom is 0.305 e. The number of rotatable bonds is 3. The molecule has 0 N–H and O–H groups in total. The van der Waals surface area contributed by atoms with Crippen molar-refractivity contribution in [2.75, 3.05) is 0 Å². The second-order valence-electron chi connectivity index (χ2n) is 3.45. The van der Waals surface area contributed by atoms with Gasteiger partial charge >= 0.3 is 5.69 Å². The zero-order chi connectivity index (χ0) is 11.6. The molecule has 0 unspecified atom stereocenters. The van der Waals surface area contributed by atoms with Gasteiger partial charge in [-0.25, -0.2) is 4.98 Å². The van der Waals surface area contributed by atoms with Crippen LogP contribution in [-0.4, -0.2) is 9.91 Å². The number of pyridine rings is 1. The number of aryl methyl sites for hydroxylation is 1. The number of nitrogens with zero attached hydrogens (tertiary/aromatic N) is 2. The minimum atomic E-state index is -0.384. The predicted octanol–water partition coefficient (Wildman–Crippen LogP) is 3.32. The Balaban J connectivity index is 3.42. The van der Waals surface area contributed by atoms with E-state index in [0.29, 0.717) is 4.60 Å². The molecule has 0 saturated carbocycles. The van der Waals surface area contributed by atoms with Crippen LogP contribution in [0, 0.1) is 24.0 Å². The van der Waals surface area contributed by atoms with Gasteiger partial charge in [-0.2, -0.15) is 0 Å². The van der Waals surface area contributed by atoms with Crippen molar-refractivity contribution in [3.8, 4) is 0 Å². The van der Waals surface area contributed by atoms with E-state index in [-0.39, 0.29) is 10.6 Å². The quantitative estimate of drug-likeness (QED) is 0.482. The first-order valence-electron chi connectivity index (χ1n) is 4.79. The van der Waals surface area contributed by atoms with E-state index in [4.69, 9.17) is 0 Å². The molecule has 1 rings (SSSR count). The normalized spacial score (nSPS) is 10.4. The van der Waals surface area contributed by atoms with Crippen LogP contribution in [-0.2, 0) is 6.42 Å². The molecule has 0 aliphatic carbocycles.